The summed E-state index contributed by atoms with van der Waals surface area (Å²) in [5, 5.41) is 2.13. The van der Waals surface area contributed by atoms with Gasteiger partial charge in [0.1, 0.15) is 0 Å². The molecule has 0 amide bonds. The topological polar surface area (TPSA) is 0 Å². The first-order chi connectivity index (χ1) is 4.36. The van der Waals surface area contributed by atoms with E-state index < -0.39 is 0 Å². The molecule has 9 heavy (non-hydrogen) atoms. The van der Waals surface area contributed by atoms with Gasteiger partial charge in [-0.2, -0.15) is 0 Å². The van der Waals surface area contributed by atoms with Gasteiger partial charge in [-0.05, 0) is 23.4 Å². The van der Waals surface area contributed by atoms with Crippen LogP contribution >= 0.6 is 11.3 Å². The molecule has 0 fully saturated rings. The van der Waals surface area contributed by atoms with Crippen molar-refractivity contribution in [3.05, 3.63) is 28.5 Å². The van der Waals surface area contributed by atoms with Gasteiger partial charge in [0.2, 0.25) is 0 Å². The van der Waals surface area contributed by atoms with E-state index in [1.165, 1.54) is 10.4 Å². The van der Waals surface area contributed by atoms with Crippen LogP contribution in [0.25, 0.3) is 6.08 Å². The Morgan fingerprint density at radius 1 is 1.78 bits per heavy atom. The minimum absolute atomic E-state index is 1.14. The summed E-state index contributed by atoms with van der Waals surface area (Å²) in [5.74, 6) is 0. The Bertz CT molecular complexity index is 198. The summed E-state index contributed by atoms with van der Waals surface area (Å²) >= 11 is 1.80. The molecule has 1 rings (SSSR count). The number of hydrogen-bond donors (Lipinski definition) is 0. The summed E-state index contributed by atoms with van der Waals surface area (Å²) < 4.78 is 0. The first-order valence-electron chi connectivity index (χ1n) is 3.06. The van der Waals surface area contributed by atoms with Gasteiger partial charge in [0.05, 0.1) is 0 Å². The molecule has 0 radical (unpaired) electrons. The second-order valence-electron chi connectivity index (χ2n) is 1.90. The zero-order valence-corrected chi connectivity index (χ0v) is 6.37. The van der Waals surface area contributed by atoms with Gasteiger partial charge in [0.25, 0.3) is 0 Å². The van der Waals surface area contributed by atoms with Crippen LogP contribution < -0.4 is 0 Å². The highest BCUT2D eigenvalue weighted by atomic mass is 32.1. The molecule has 0 aliphatic rings. The Morgan fingerprint density at radius 3 is 2.89 bits per heavy atom. The molecular formula is C8H10S. The van der Waals surface area contributed by atoms with E-state index in [1.807, 2.05) is 6.08 Å². The summed E-state index contributed by atoms with van der Waals surface area (Å²) in [6, 6.07) is 2.18. The Balaban J connectivity index is 2.86. The minimum atomic E-state index is 1.14. The normalized spacial score (nSPS) is 9.44. The molecule has 0 atom stereocenters. The molecule has 0 N–H and O–H groups in total. The van der Waals surface area contributed by atoms with Gasteiger partial charge in [-0.3, -0.25) is 0 Å². The molecule has 1 aromatic rings. The van der Waals surface area contributed by atoms with Crippen molar-refractivity contribution in [1.29, 1.82) is 0 Å². The highest BCUT2D eigenvalue weighted by molar-refractivity contribution is 7.10. The van der Waals surface area contributed by atoms with Crippen molar-refractivity contribution in [3.63, 3.8) is 0 Å². The molecule has 48 valence electrons. The van der Waals surface area contributed by atoms with Gasteiger partial charge < -0.3 is 0 Å². The Hall–Kier alpha value is -0.560. The first kappa shape index (κ1) is 6.56. The van der Waals surface area contributed by atoms with E-state index in [0.29, 0.717) is 0 Å². The lowest BCUT2D eigenvalue weighted by molar-refractivity contribution is 1.19. The van der Waals surface area contributed by atoms with Crippen molar-refractivity contribution in [3.8, 4) is 0 Å². The molecule has 0 unspecified atom stereocenters. The average Bonchev–Trinajstić information content (AvgIpc) is 2.34. The average molecular weight is 138 g/mol. The van der Waals surface area contributed by atoms with E-state index in [1.54, 1.807) is 11.3 Å². The van der Waals surface area contributed by atoms with Crippen LogP contribution in [0.3, 0.4) is 0 Å². The molecule has 0 saturated carbocycles. The fraction of sp³-hybridized carbons (Fsp3) is 0.250. The maximum atomic E-state index is 3.69. The molecule has 0 aliphatic carbocycles. The lowest BCUT2D eigenvalue weighted by Crippen LogP contribution is -1.65. The van der Waals surface area contributed by atoms with Crippen molar-refractivity contribution >= 4 is 17.4 Å². The predicted octanol–water partition coefficient (Wildman–Crippen LogP) is 2.95. The number of aryl methyl sites for hydroxylation is 1. The maximum absolute atomic E-state index is 3.69. The van der Waals surface area contributed by atoms with Crippen LogP contribution in [-0.2, 0) is 6.42 Å². The molecule has 1 aromatic heterocycles. The van der Waals surface area contributed by atoms with Crippen molar-refractivity contribution < 1.29 is 0 Å². The molecule has 0 aromatic carbocycles. The van der Waals surface area contributed by atoms with Crippen LogP contribution in [0, 0.1) is 0 Å². The van der Waals surface area contributed by atoms with Crippen molar-refractivity contribution in [2.75, 3.05) is 0 Å². The maximum Gasteiger partial charge on any atom is 0.00486 e. The van der Waals surface area contributed by atoms with Gasteiger partial charge in [-0.1, -0.05) is 19.6 Å². The van der Waals surface area contributed by atoms with Crippen LogP contribution in [0.5, 0.6) is 0 Å². The van der Waals surface area contributed by atoms with E-state index in [9.17, 15) is 0 Å². The van der Waals surface area contributed by atoms with E-state index in [2.05, 4.69) is 24.9 Å². The molecule has 0 aliphatic heterocycles. The third-order valence-corrected chi connectivity index (χ3v) is 2.36. The summed E-state index contributed by atoms with van der Waals surface area (Å²) in [6.45, 7) is 5.85. The van der Waals surface area contributed by atoms with Gasteiger partial charge in [0, 0.05) is 4.88 Å². The predicted molar refractivity (Wildman–Crippen MR) is 43.8 cm³/mol. The Kier molecular flexibility index (Phi) is 2.06. The van der Waals surface area contributed by atoms with Gasteiger partial charge >= 0.3 is 0 Å². The Labute approximate surface area is 59.8 Å². The largest absolute Gasteiger partial charge is 0.148 e. The summed E-state index contributed by atoms with van der Waals surface area (Å²) in [7, 11) is 0. The lowest BCUT2D eigenvalue weighted by Gasteiger charge is -1.80. The van der Waals surface area contributed by atoms with E-state index in [-0.39, 0.29) is 0 Å². The zero-order chi connectivity index (χ0) is 6.69. The molecular weight excluding hydrogens is 128 g/mol. The molecule has 1 heterocycles. The number of thiophene rings is 1. The van der Waals surface area contributed by atoms with Crippen LogP contribution in [0.15, 0.2) is 18.0 Å². The molecule has 0 saturated heterocycles. The van der Waals surface area contributed by atoms with Gasteiger partial charge in [0.15, 0.2) is 0 Å². The van der Waals surface area contributed by atoms with Crippen molar-refractivity contribution in [2.24, 2.45) is 0 Å². The fourth-order valence-electron chi connectivity index (χ4n) is 0.690. The second kappa shape index (κ2) is 2.83. The molecule has 0 spiro atoms. The van der Waals surface area contributed by atoms with Crippen LogP contribution in [0.4, 0.5) is 0 Å². The summed E-state index contributed by atoms with van der Waals surface area (Å²) in [5.41, 5.74) is 1.25. The third-order valence-electron chi connectivity index (χ3n) is 1.26. The Morgan fingerprint density at radius 2 is 2.56 bits per heavy atom. The smallest absolute Gasteiger partial charge is 0.00486 e. The highest BCUT2D eigenvalue weighted by Gasteiger charge is 1.91. The third kappa shape index (κ3) is 1.42. The second-order valence-corrected chi connectivity index (χ2v) is 2.90. The van der Waals surface area contributed by atoms with Crippen LogP contribution in [0.1, 0.15) is 17.4 Å². The minimum Gasteiger partial charge on any atom is -0.148 e. The zero-order valence-electron chi connectivity index (χ0n) is 5.55. The van der Waals surface area contributed by atoms with Crippen LogP contribution in [-0.4, -0.2) is 0 Å². The first-order valence-corrected chi connectivity index (χ1v) is 3.94. The highest BCUT2D eigenvalue weighted by Crippen LogP contribution is 2.15. The fourth-order valence-corrected chi connectivity index (χ4v) is 1.51. The monoisotopic (exact) mass is 138 g/mol. The summed E-state index contributed by atoms with van der Waals surface area (Å²) in [6.07, 6.45) is 3.02. The van der Waals surface area contributed by atoms with Gasteiger partial charge in [-0.25, -0.2) is 0 Å². The number of hydrogen-bond acceptors (Lipinski definition) is 1. The molecule has 1 heteroatoms. The quantitative estimate of drug-likeness (QED) is 0.589. The molecule has 0 bridgehead atoms. The number of rotatable bonds is 2. The molecule has 0 nitrogen and oxygen atoms in total. The van der Waals surface area contributed by atoms with E-state index >= 15 is 0 Å². The summed E-state index contributed by atoms with van der Waals surface area (Å²) in [4.78, 5) is 1.44. The SMILES string of the molecule is C=Cc1csc(CC)c1. The standard InChI is InChI=1S/C8H10S/c1-3-7-5-8(4-2)9-6-7/h3,5-6H,1,4H2,2H3. The van der Waals surface area contributed by atoms with Gasteiger partial charge in [-0.15, -0.1) is 11.3 Å². The lowest BCUT2D eigenvalue weighted by atomic mass is 10.3. The van der Waals surface area contributed by atoms with Crippen molar-refractivity contribution in [1.82, 2.24) is 0 Å². The van der Waals surface area contributed by atoms with E-state index in [0.717, 1.165) is 6.42 Å². The van der Waals surface area contributed by atoms with Crippen molar-refractivity contribution in [2.45, 2.75) is 13.3 Å². The van der Waals surface area contributed by atoms with E-state index in [4.69, 9.17) is 0 Å². The van der Waals surface area contributed by atoms with Crippen LogP contribution in [0.2, 0.25) is 0 Å².